The molecule has 1 unspecified atom stereocenters. The molecule has 0 radical (unpaired) electrons. The van der Waals surface area contributed by atoms with Crippen LogP contribution < -0.4 is 5.73 Å². The minimum absolute atomic E-state index is 0. The van der Waals surface area contributed by atoms with E-state index in [9.17, 15) is 4.79 Å². The smallest absolute Gasteiger partial charge is 0.244 e. The highest BCUT2D eigenvalue weighted by Gasteiger charge is 2.26. The largest absolute Gasteiger partial charge is 0.338 e. The molecular formula is C17H23Cl2N3OS. The molecule has 0 aliphatic carbocycles. The number of benzene rings is 1. The molecule has 3 rings (SSSR count). The topological polar surface area (TPSA) is 49.6 Å². The molecule has 1 aromatic carbocycles. The van der Waals surface area contributed by atoms with E-state index < -0.39 is 6.04 Å². The van der Waals surface area contributed by atoms with Gasteiger partial charge in [0.1, 0.15) is 6.04 Å². The van der Waals surface area contributed by atoms with E-state index in [2.05, 4.69) is 22.4 Å². The first-order valence-corrected chi connectivity index (χ1v) is 8.46. The lowest BCUT2D eigenvalue weighted by atomic mass is 10.1. The number of carbonyl (C=O) groups is 1. The fourth-order valence-electron chi connectivity index (χ4n) is 2.75. The highest BCUT2D eigenvalue weighted by Crippen LogP contribution is 2.17. The Bertz CT molecular complexity index is 602. The van der Waals surface area contributed by atoms with Gasteiger partial charge in [0.2, 0.25) is 5.91 Å². The van der Waals surface area contributed by atoms with E-state index in [1.807, 2.05) is 35.2 Å². The Balaban J connectivity index is 0.00000144. The minimum Gasteiger partial charge on any atom is -0.338 e. The number of nitrogens with two attached hydrogens (primary N) is 1. The van der Waals surface area contributed by atoms with E-state index >= 15 is 0 Å². The summed E-state index contributed by atoms with van der Waals surface area (Å²) in [7, 11) is 0. The van der Waals surface area contributed by atoms with Crippen LogP contribution in [0.15, 0.2) is 47.8 Å². The predicted octanol–water partition coefficient (Wildman–Crippen LogP) is 2.94. The summed E-state index contributed by atoms with van der Waals surface area (Å²) in [6.07, 6.45) is 0. The van der Waals surface area contributed by atoms with Gasteiger partial charge in [-0.15, -0.1) is 36.2 Å². The van der Waals surface area contributed by atoms with Gasteiger partial charge in [0.25, 0.3) is 0 Å². The third-order valence-corrected chi connectivity index (χ3v) is 4.93. The van der Waals surface area contributed by atoms with Crippen LogP contribution in [0, 0.1) is 0 Å². The summed E-state index contributed by atoms with van der Waals surface area (Å²) in [5.41, 5.74) is 6.99. The summed E-state index contributed by atoms with van der Waals surface area (Å²) < 4.78 is 0. The van der Waals surface area contributed by atoms with Crippen LogP contribution in [0.5, 0.6) is 0 Å². The second-order valence-corrected chi connectivity index (χ2v) is 6.60. The third-order valence-electron chi connectivity index (χ3n) is 4.07. The number of nitrogens with zero attached hydrogens (tertiary/aromatic N) is 2. The van der Waals surface area contributed by atoms with Gasteiger partial charge >= 0.3 is 0 Å². The summed E-state index contributed by atoms with van der Waals surface area (Å²) >= 11 is 1.78. The monoisotopic (exact) mass is 387 g/mol. The van der Waals surface area contributed by atoms with Crippen molar-refractivity contribution in [1.82, 2.24) is 9.80 Å². The van der Waals surface area contributed by atoms with Crippen molar-refractivity contribution < 1.29 is 4.79 Å². The maximum Gasteiger partial charge on any atom is 0.244 e. The highest BCUT2D eigenvalue weighted by molar-refractivity contribution is 7.09. The summed E-state index contributed by atoms with van der Waals surface area (Å²) in [5, 5.41) is 2.11. The Morgan fingerprint density at radius 2 is 1.71 bits per heavy atom. The SMILES string of the molecule is Cl.Cl.NC(C(=O)N1CCN(Cc2cccs2)CC1)c1ccccc1. The zero-order valence-corrected chi connectivity index (χ0v) is 15.8. The molecule has 1 aromatic heterocycles. The maximum absolute atomic E-state index is 12.5. The Labute approximate surface area is 159 Å². The molecule has 132 valence electrons. The normalized spacial score (nSPS) is 16.0. The molecule has 1 saturated heterocycles. The summed E-state index contributed by atoms with van der Waals surface area (Å²) in [4.78, 5) is 18.2. The molecule has 0 bridgehead atoms. The highest BCUT2D eigenvalue weighted by atomic mass is 35.5. The molecule has 2 aromatic rings. The molecule has 1 fully saturated rings. The van der Waals surface area contributed by atoms with Crippen molar-refractivity contribution in [3.05, 3.63) is 58.3 Å². The van der Waals surface area contributed by atoms with Crippen molar-refractivity contribution in [3.8, 4) is 0 Å². The molecule has 2 heterocycles. The van der Waals surface area contributed by atoms with Gasteiger partial charge in [-0.05, 0) is 17.0 Å². The van der Waals surface area contributed by atoms with Crippen molar-refractivity contribution in [2.75, 3.05) is 26.2 Å². The van der Waals surface area contributed by atoms with Crippen LogP contribution in [0.2, 0.25) is 0 Å². The van der Waals surface area contributed by atoms with Gasteiger partial charge in [-0.1, -0.05) is 36.4 Å². The maximum atomic E-state index is 12.5. The zero-order chi connectivity index (χ0) is 15.4. The van der Waals surface area contributed by atoms with Crippen LogP contribution in [-0.4, -0.2) is 41.9 Å². The van der Waals surface area contributed by atoms with Crippen molar-refractivity contribution in [3.63, 3.8) is 0 Å². The zero-order valence-electron chi connectivity index (χ0n) is 13.3. The fraction of sp³-hybridized carbons (Fsp3) is 0.353. The number of rotatable bonds is 4. The second kappa shape index (κ2) is 10.0. The van der Waals surface area contributed by atoms with Crippen molar-refractivity contribution in [2.24, 2.45) is 5.73 Å². The van der Waals surface area contributed by atoms with E-state index in [1.54, 1.807) is 11.3 Å². The molecule has 24 heavy (non-hydrogen) atoms. The molecule has 2 N–H and O–H groups in total. The number of hydrogen-bond acceptors (Lipinski definition) is 4. The first-order valence-electron chi connectivity index (χ1n) is 7.58. The van der Waals surface area contributed by atoms with Crippen molar-refractivity contribution >= 4 is 42.1 Å². The quantitative estimate of drug-likeness (QED) is 0.876. The average Bonchev–Trinajstić information content (AvgIpc) is 3.08. The number of thiophene rings is 1. The van der Waals surface area contributed by atoms with Gasteiger partial charge in [0.15, 0.2) is 0 Å². The summed E-state index contributed by atoms with van der Waals surface area (Å²) in [5.74, 6) is 0.0296. The van der Waals surface area contributed by atoms with Crippen LogP contribution in [0.4, 0.5) is 0 Å². The number of piperazine rings is 1. The molecule has 7 heteroatoms. The first kappa shape index (κ1) is 20.9. The standard InChI is InChI=1S/C17H21N3OS.2ClH/c18-16(14-5-2-1-3-6-14)17(21)20-10-8-19(9-11-20)13-15-7-4-12-22-15;;/h1-7,12,16H,8-11,13,18H2;2*1H. The molecule has 1 aliphatic heterocycles. The molecule has 4 nitrogen and oxygen atoms in total. The van der Waals surface area contributed by atoms with Crippen LogP contribution in [0.25, 0.3) is 0 Å². The van der Waals surface area contributed by atoms with Gasteiger partial charge in [0.05, 0.1) is 0 Å². The van der Waals surface area contributed by atoms with Gasteiger partial charge in [-0.25, -0.2) is 0 Å². The lowest BCUT2D eigenvalue weighted by Gasteiger charge is -2.35. The Hall–Kier alpha value is -1.11. The lowest BCUT2D eigenvalue weighted by molar-refractivity contribution is -0.134. The van der Waals surface area contributed by atoms with Gasteiger partial charge in [-0.2, -0.15) is 0 Å². The van der Waals surface area contributed by atoms with Crippen molar-refractivity contribution in [1.29, 1.82) is 0 Å². The van der Waals surface area contributed by atoms with E-state index in [4.69, 9.17) is 5.73 Å². The number of carbonyl (C=O) groups excluding carboxylic acids is 1. The van der Waals surface area contributed by atoms with Crippen LogP contribution in [0.3, 0.4) is 0 Å². The molecular weight excluding hydrogens is 365 g/mol. The van der Waals surface area contributed by atoms with Crippen LogP contribution in [0.1, 0.15) is 16.5 Å². The second-order valence-electron chi connectivity index (χ2n) is 5.57. The van der Waals surface area contributed by atoms with E-state index in [0.717, 1.165) is 38.3 Å². The van der Waals surface area contributed by atoms with Gasteiger partial charge in [-0.3, -0.25) is 9.69 Å². The average molecular weight is 388 g/mol. The van der Waals surface area contributed by atoms with Crippen LogP contribution >= 0.6 is 36.2 Å². The number of halogens is 2. The Kier molecular flexibility index (Phi) is 8.73. The Morgan fingerprint density at radius 1 is 1.04 bits per heavy atom. The Morgan fingerprint density at radius 3 is 2.29 bits per heavy atom. The van der Waals surface area contributed by atoms with E-state index in [1.165, 1.54) is 4.88 Å². The van der Waals surface area contributed by atoms with Crippen LogP contribution in [-0.2, 0) is 11.3 Å². The van der Waals surface area contributed by atoms with E-state index in [-0.39, 0.29) is 30.7 Å². The third kappa shape index (κ3) is 5.19. The predicted molar refractivity (Wildman–Crippen MR) is 104 cm³/mol. The summed E-state index contributed by atoms with van der Waals surface area (Å²) in [6, 6.07) is 13.3. The van der Waals surface area contributed by atoms with Gasteiger partial charge in [0, 0.05) is 37.6 Å². The molecule has 1 atom stereocenters. The first-order chi connectivity index (χ1) is 10.7. The van der Waals surface area contributed by atoms with E-state index in [0.29, 0.717) is 0 Å². The molecule has 0 spiro atoms. The number of amides is 1. The molecule has 1 amide bonds. The molecule has 0 saturated carbocycles. The number of hydrogen-bond donors (Lipinski definition) is 1. The minimum atomic E-state index is -0.551. The van der Waals surface area contributed by atoms with Gasteiger partial charge < -0.3 is 10.6 Å². The summed E-state index contributed by atoms with van der Waals surface area (Å²) in [6.45, 7) is 4.30. The lowest BCUT2D eigenvalue weighted by Crippen LogP contribution is -2.50. The fourth-order valence-corrected chi connectivity index (χ4v) is 3.50. The van der Waals surface area contributed by atoms with Crippen molar-refractivity contribution in [2.45, 2.75) is 12.6 Å². The molecule has 1 aliphatic rings.